The van der Waals surface area contributed by atoms with Crippen LogP contribution in [-0.4, -0.2) is 29.2 Å². The van der Waals surface area contributed by atoms with Crippen molar-refractivity contribution in [3.05, 3.63) is 47.4 Å². The van der Waals surface area contributed by atoms with E-state index in [4.69, 9.17) is 11.2 Å². The monoisotopic (exact) mass is 299 g/mol. The number of rotatable bonds is 5. The van der Waals surface area contributed by atoms with E-state index in [9.17, 15) is 9.59 Å². The standard InChI is InChI=1S/C16H13NO3S/c1-3-9-17-15(18)14(21-16(17)19)11-12-5-7-13(8-6-12)20-10-4-2/h2-3,5-8,11H,1,9-10H2/b14-11-. The molecule has 21 heavy (non-hydrogen) atoms. The molecule has 1 heterocycles. The zero-order valence-corrected chi connectivity index (χ0v) is 12.1. The Kier molecular flexibility index (Phi) is 4.85. The van der Waals surface area contributed by atoms with Crippen LogP contribution < -0.4 is 4.74 Å². The predicted molar refractivity (Wildman–Crippen MR) is 83.6 cm³/mol. The van der Waals surface area contributed by atoms with Gasteiger partial charge in [0.1, 0.15) is 12.4 Å². The van der Waals surface area contributed by atoms with E-state index < -0.39 is 0 Å². The van der Waals surface area contributed by atoms with Crippen LogP contribution in [0.25, 0.3) is 6.08 Å². The van der Waals surface area contributed by atoms with Gasteiger partial charge in [0.05, 0.1) is 4.91 Å². The van der Waals surface area contributed by atoms with Gasteiger partial charge in [-0.05, 0) is 35.5 Å². The molecular weight excluding hydrogens is 286 g/mol. The Balaban J connectivity index is 2.13. The van der Waals surface area contributed by atoms with Crippen LogP contribution in [0, 0.1) is 12.3 Å². The highest BCUT2D eigenvalue weighted by Gasteiger charge is 2.33. The van der Waals surface area contributed by atoms with E-state index in [-0.39, 0.29) is 24.3 Å². The fourth-order valence-electron chi connectivity index (χ4n) is 1.72. The lowest BCUT2D eigenvalue weighted by Gasteiger charge is -2.07. The fraction of sp³-hybridized carbons (Fsp3) is 0.125. The van der Waals surface area contributed by atoms with Crippen molar-refractivity contribution in [2.24, 2.45) is 0 Å². The second-order valence-electron chi connectivity index (χ2n) is 4.14. The summed E-state index contributed by atoms with van der Waals surface area (Å²) in [6, 6.07) is 7.12. The maximum atomic E-state index is 12.0. The van der Waals surface area contributed by atoms with Crippen molar-refractivity contribution >= 4 is 29.0 Å². The molecule has 2 rings (SSSR count). The molecule has 2 amide bonds. The number of carbonyl (C=O) groups excluding carboxylic acids is 2. The molecule has 1 aromatic carbocycles. The van der Waals surface area contributed by atoms with Gasteiger partial charge in [-0.25, -0.2) is 0 Å². The molecule has 1 aromatic rings. The van der Waals surface area contributed by atoms with Gasteiger partial charge in [-0.2, -0.15) is 0 Å². The van der Waals surface area contributed by atoms with Crippen LogP contribution in [-0.2, 0) is 4.79 Å². The van der Waals surface area contributed by atoms with Gasteiger partial charge in [-0.1, -0.05) is 24.1 Å². The smallest absolute Gasteiger partial charge is 0.293 e. The number of hydrogen-bond donors (Lipinski definition) is 0. The SMILES string of the molecule is C#CCOc1ccc(/C=C2\SC(=O)N(CC=C)C2=O)cc1. The number of benzene rings is 1. The summed E-state index contributed by atoms with van der Waals surface area (Å²) in [5.41, 5.74) is 0.812. The quantitative estimate of drug-likeness (QED) is 0.476. The lowest BCUT2D eigenvalue weighted by Crippen LogP contribution is -2.27. The summed E-state index contributed by atoms with van der Waals surface area (Å²) in [6.45, 7) is 3.96. The fourth-order valence-corrected chi connectivity index (χ4v) is 2.57. The van der Waals surface area contributed by atoms with Gasteiger partial charge in [0.2, 0.25) is 0 Å². The molecule has 0 unspecified atom stereocenters. The summed E-state index contributed by atoms with van der Waals surface area (Å²) >= 11 is 0.928. The number of thioether (sulfide) groups is 1. The van der Waals surface area contributed by atoms with Crippen molar-refractivity contribution in [3.8, 4) is 18.1 Å². The number of carbonyl (C=O) groups is 2. The first-order valence-corrected chi connectivity index (χ1v) is 7.00. The Bertz CT molecular complexity index is 640. The third-order valence-corrected chi connectivity index (χ3v) is 3.59. The van der Waals surface area contributed by atoms with Gasteiger partial charge in [-0.15, -0.1) is 13.0 Å². The van der Waals surface area contributed by atoms with Gasteiger partial charge >= 0.3 is 0 Å². The Morgan fingerprint density at radius 2 is 2.05 bits per heavy atom. The molecule has 1 aliphatic heterocycles. The van der Waals surface area contributed by atoms with E-state index in [0.717, 1.165) is 22.2 Å². The molecule has 0 bridgehead atoms. The van der Waals surface area contributed by atoms with Crippen molar-refractivity contribution in [1.82, 2.24) is 4.90 Å². The Morgan fingerprint density at radius 1 is 1.33 bits per heavy atom. The Morgan fingerprint density at radius 3 is 2.67 bits per heavy atom. The number of nitrogens with zero attached hydrogens (tertiary/aromatic N) is 1. The second-order valence-corrected chi connectivity index (χ2v) is 5.14. The molecule has 1 aliphatic rings. The zero-order chi connectivity index (χ0) is 15.2. The number of amides is 2. The first-order valence-electron chi connectivity index (χ1n) is 6.18. The maximum absolute atomic E-state index is 12.0. The summed E-state index contributed by atoms with van der Waals surface area (Å²) < 4.78 is 5.26. The predicted octanol–water partition coefficient (Wildman–Crippen LogP) is 2.92. The number of imide groups is 1. The minimum atomic E-state index is -0.294. The van der Waals surface area contributed by atoms with Crippen molar-refractivity contribution < 1.29 is 14.3 Å². The van der Waals surface area contributed by atoms with Gasteiger partial charge in [0.25, 0.3) is 11.1 Å². The highest BCUT2D eigenvalue weighted by molar-refractivity contribution is 8.18. The van der Waals surface area contributed by atoms with E-state index in [2.05, 4.69) is 12.5 Å². The molecule has 0 atom stereocenters. The van der Waals surface area contributed by atoms with Crippen molar-refractivity contribution in [2.75, 3.05) is 13.2 Å². The van der Waals surface area contributed by atoms with E-state index in [1.807, 2.05) is 0 Å². The molecule has 0 saturated carbocycles. The van der Waals surface area contributed by atoms with Crippen molar-refractivity contribution in [3.63, 3.8) is 0 Å². The second kappa shape index (κ2) is 6.82. The van der Waals surface area contributed by atoms with E-state index in [1.165, 1.54) is 6.08 Å². The molecule has 5 heteroatoms. The zero-order valence-electron chi connectivity index (χ0n) is 11.2. The normalized spacial score (nSPS) is 16.1. The first-order chi connectivity index (χ1) is 10.2. The third kappa shape index (κ3) is 3.56. The van der Waals surface area contributed by atoms with Crippen LogP contribution in [0.1, 0.15) is 5.56 Å². The minimum absolute atomic E-state index is 0.208. The lowest BCUT2D eigenvalue weighted by atomic mass is 10.2. The highest BCUT2D eigenvalue weighted by atomic mass is 32.2. The molecule has 0 spiro atoms. The summed E-state index contributed by atoms with van der Waals surface area (Å²) in [7, 11) is 0. The lowest BCUT2D eigenvalue weighted by molar-refractivity contribution is -0.122. The molecule has 0 N–H and O–H groups in total. The largest absolute Gasteiger partial charge is 0.481 e. The molecule has 0 aliphatic carbocycles. The van der Waals surface area contributed by atoms with Crippen LogP contribution in [0.4, 0.5) is 4.79 Å². The first kappa shape index (κ1) is 14.9. The maximum Gasteiger partial charge on any atom is 0.293 e. The Labute approximate surface area is 127 Å². The summed E-state index contributed by atoms with van der Waals surface area (Å²) in [6.07, 6.45) is 8.32. The van der Waals surface area contributed by atoms with Gasteiger partial charge in [0.15, 0.2) is 0 Å². The number of terminal acetylenes is 1. The van der Waals surface area contributed by atoms with Crippen molar-refractivity contribution in [2.45, 2.75) is 0 Å². The summed E-state index contributed by atoms with van der Waals surface area (Å²) in [4.78, 5) is 25.3. The third-order valence-electron chi connectivity index (χ3n) is 2.69. The van der Waals surface area contributed by atoms with E-state index in [0.29, 0.717) is 10.7 Å². The van der Waals surface area contributed by atoms with Crippen LogP contribution in [0.3, 0.4) is 0 Å². The Hall–Kier alpha value is -2.45. The minimum Gasteiger partial charge on any atom is -0.481 e. The number of hydrogen-bond acceptors (Lipinski definition) is 4. The van der Waals surface area contributed by atoms with E-state index >= 15 is 0 Å². The van der Waals surface area contributed by atoms with E-state index in [1.54, 1.807) is 30.3 Å². The molecule has 1 saturated heterocycles. The molecule has 1 fully saturated rings. The van der Waals surface area contributed by atoms with Gasteiger partial charge < -0.3 is 4.74 Å². The molecule has 0 aromatic heterocycles. The van der Waals surface area contributed by atoms with Crippen LogP contribution >= 0.6 is 11.8 Å². The average Bonchev–Trinajstić information content (AvgIpc) is 2.75. The molecule has 106 valence electrons. The average molecular weight is 299 g/mol. The molecule has 4 nitrogen and oxygen atoms in total. The summed E-state index contributed by atoms with van der Waals surface area (Å²) in [5, 5.41) is -0.278. The summed E-state index contributed by atoms with van der Waals surface area (Å²) in [5.74, 6) is 2.75. The molecular formula is C16H13NO3S. The van der Waals surface area contributed by atoms with Gasteiger partial charge in [-0.3, -0.25) is 14.5 Å². The van der Waals surface area contributed by atoms with Crippen LogP contribution in [0.15, 0.2) is 41.8 Å². The highest BCUT2D eigenvalue weighted by Crippen LogP contribution is 2.32. The van der Waals surface area contributed by atoms with Gasteiger partial charge in [0, 0.05) is 6.54 Å². The van der Waals surface area contributed by atoms with Crippen molar-refractivity contribution in [1.29, 1.82) is 0 Å². The molecule has 0 radical (unpaired) electrons. The van der Waals surface area contributed by atoms with Crippen LogP contribution in [0.2, 0.25) is 0 Å². The number of ether oxygens (including phenoxy) is 1. The topological polar surface area (TPSA) is 46.6 Å². The van der Waals surface area contributed by atoms with Crippen LogP contribution in [0.5, 0.6) is 5.75 Å².